The van der Waals surface area contributed by atoms with Gasteiger partial charge in [-0.2, -0.15) is 5.10 Å². The molecule has 0 unspecified atom stereocenters. The van der Waals surface area contributed by atoms with Gasteiger partial charge < -0.3 is 14.5 Å². The first-order valence-corrected chi connectivity index (χ1v) is 11.4. The van der Waals surface area contributed by atoms with Gasteiger partial charge in [-0.3, -0.25) is 4.79 Å². The first-order chi connectivity index (χ1) is 16.6. The number of benzene rings is 2. The third-order valence-corrected chi connectivity index (χ3v) is 5.88. The minimum absolute atomic E-state index is 0.143. The molecular weight excluding hydrogens is 430 g/mol. The molecule has 34 heavy (non-hydrogen) atoms. The van der Waals surface area contributed by atoms with Gasteiger partial charge in [0.25, 0.3) is 5.91 Å². The molecule has 0 bridgehead atoms. The molecule has 1 aliphatic rings. The molecule has 0 N–H and O–H groups in total. The summed E-state index contributed by atoms with van der Waals surface area (Å²) in [6.07, 6.45) is -0.341. The molecule has 4 aromatic rings. The largest absolute Gasteiger partial charge is 0.450 e. The molecule has 5 rings (SSSR count). The summed E-state index contributed by atoms with van der Waals surface area (Å²) in [4.78, 5) is 33.9. The zero-order valence-electron chi connectivity index (χ0n) is 18.9. The Bertz CT molecular complexity index is 1310. The van der Waals surface area contributed by atoms with E-state index in [2.05, 4.69) is 0 Å². The van der Waals surface area contributed by atoms with E-state index >= 15 is 0 Å². The van der Waals surface area contributed by atoms with Crippen LogP contribution in [0.1, 0.15) is 17.4 Å². The number of amides is 2. The molecule has 8 heteroatoms. The summed E-state index contributed by atoms with van der Waals surface area (Å²) in [7, 11) is 0. The molecular formula is C26H25N5O3. The van der Waals surface area contributed by atoms with E-state index in [9.17, 15) is 9.59 Å². The summed E-state index contributed by atoms with van der Waals surface area (Å²) in [6, 6.07) is 23.3. The number of fused-ring (bicyclic) bond motifs is 1. The average molecular weight is 456 g/mol. The number of ether oxygens (including phenoxy) is 1. The van der Waals surface area contributed by atoms with E-state index in [0.717, 1.165) is 16.8 Å². The van der Waals surface area contributed by atoms with Gasteiger partial charge >= 0.3 is 6.09 Å². The summed E-state index contributed by atoms with van der Waals surface area (Å²) in [6.45, 7) is 3.82. The molecule has 1 saturated heterocycles. The first kappa shape index (κ1) is 21.6. The lowest BCUT2D eigenvalue weighted by atomic mass is 10.1. The number of hydrogen-bond donors (Lipinski definition) is 0. The van der Waals surface area contributed by atoms with Crippen molar-refractivity contribution < 1.29 is 14.3 Å². The van der Waals surface area contributed by atoms with Crippen LogP contribution in [0, 0.1) is 0 Å². The van der Waals surface area contributed by atoms with Crippen molar-refractivity contribution in [1.29, 1.82) is 0 Å². The Morgan fingerprint density at radius 1 is 0.824 bits per heavy atom. The Kier molecular flexibility index (Phi) is 5.95. The van der Waals surface area contributed by atoms with Gasteiger partial charge in [0.2, 0.25) is 0 Å². The second kappa shape index (κ2) is 9.35. The molecule has 2 aromatic carbocycles. The van der Waals surface area contributed by atoms with Crippen LogP contribution in [-0.4, -0.2) is 69.2 Å². The predicted octanol–water partition coefficient (Wildman–Crippen LogP) is 3.98. The van der Waals surface area contributed by atoms with E-state index in [-0.39, 0.29) is 12.0 Å². The van der Waals surface area contributed by atoms with Gasteiger partial charge in [-0.25, -0.2) is 14.3 Å². The van der Waals surface area contributed by atoms with E-state index in [1.54, 1.807) is 27.3 Å². The second-order valence-corrected chi connectivity index (χ2v) is 8.04. The summed E-state index contributed by atoms with van der Waals surface area (Å²) in [5.74, 6) is -0.143. The van der Waals surface area contributed by atoms with Crippen molar-refractivity contribution in [2.45, 2.75) is 6.92 Å². The minimum Gasteiger partial charge on any atom is -0.450 e. The number of carbonyl (C=O) groups excluding carboxylic acids is 2. The maximum atomic E-state index is 13.6. The van der Waals surface area contributed by atoms with Gasteiger partial charge in [0.05, 0.1) is 18.0 Å². The molecule has 172 valence electrons. The van der Waals surface area contributed by atoms with E-state index in [4.69, 9.17) is 14.8 Å². The molecule has 0 aliphatic carbocycles. The van der Waals surface area contributed by atoms with Crippen molar-refractivity contribution in [3.05, 3.63) is 78.5 Å². The smallest absolute Gasteiger partial charge is 0.409 e. The summed E-state index contributed by atoms with van der Waals surface area (Å²) in [5.41, 5.74) is 4.38. The maximum Gasteiger partial charge on any atom is 0.409 e. The van der Waals surface area contributed by atoms with Gasteiger partial charge in [0.1, 0.15) is 5.69 Å². The van der Waals surface area contributed by atoms with Crippen LogP contribution in [0.3, 0.4) is 0 Å². The predicted molar refractivity (Wildman–Crippen MR) is 128 cm³/mol. The van der Waals surface area contributed by atoms with Gasteiger partial charge in [0, 0.05) is 43.4 Å². The van der Waals surface area contributed by atoms with Gasteiger partial charge in [0.15, 0.2) is 5.65 Å². The zero-order chi connectivity index (χ0) is 23.5. The van der Waals surface area contributed by atoms with Crippen LogP contribution in [0.2, 0.25) is 0 Å². The fourth-order valence-electron chi connectivity index (χ4n) is 4.10. The third kappa shape index (κ3) is 4.22. The topological polar surface area (TPSA) is 80.0 Å². The molecule has 2 aromatic heterocycles. The second-order valence-electron chi connectivity index (χ2n) is 8.04. The van der Waals surface area contributed by atoms with E-state index in [1.807, 2.05) is 66.7 Å². The Hall–Kier alpha value is -4.20. The van der Waals surface area contributed by atoms with Crippen molar-refractivity contribution in [3.63, 3.8) is 0 Å². The average Bonchev–Trinajstić information content (AvgIpc) is 3.33. The monoisotopic (exact) mass is 455 g/mol. The Balaban J connectivity index is 1.51. The Morgan fingerprint density at radius 2 is 1.41 bits per heavy atom. The van der Waals surface area contributed by atoms with Crippen LogP contribution in [-0.2, 0) is 4.74 Å². The lowest BCUT2D eigenvalue weighted by molar-refractivity contribution is 0.0563. The fourth-order valence-corrected chi connectivity index (χ4v) is 4.10. The summed E-state index contributed by atoms with van der Waals surface area (Å²) >= 11 is 0. The quantitative estimate of drug-likeness (QED) is 0.465. The molecule has 0 radical (unpaired) electrons. The van der Waals surface area contributed by atoms with Crippen LogP contribution in [0.4, 0.5) is 4.79 Å². The number of piperazine rings is 1. The Morgan fingerprint density at radius 3 is 2.03 bits per heavy atom. The SMILES string of the molecule is CCOC(=O)N1CCN(C(=O)c2cc(-c3ccccc3)nc3cc(-c4ccccc4)nn23)CC1. The number of hydrogen-bond acceptors (Lipinski definition) is 5. The normalized spacial score (nSPS) is 13.8. The van der Waals surface area contributed by atoms with Gasteiger partial charge in [-0.05, 0) is 13.0 Å². The highest BCUT2D eigenvalue weighted by Gasteiger charge is 2.28. The first-order valence-electron chi connectivity index (χ1n) is 11.4. The summed E-state index contributed by atoms with van der Waals surface area (Å²) in [5, 5.41) is 4.72. The molecule has 8 nitrogen and oxygen atoms in total. The highest BCUT2D eigenvalue weighted by atomic mass is 16.6. The van der Waals surface area contributed by atoms with Crippen molar-refractivity contribution in [2.24, 2.45) is 0 Å². The molecule has 2 amide bonds. The van der Waals surface area contributed by atoms with Crippen LogP contribution < -0.4 is 0 Å². The van der Waals surface area contributed by atoms with E-state index in [0.29, 0.717) is 49.8 Å². The van der Waals surface area contributed by atoms with Crippen molar-refractivity contribution >= 4 is 17.6 Å². The highest BCUT2D eigenvalue weighted by Crippen LogP contribution is 2.25. The van der Waals surface area contributed by atoms with E-state index in [1.165, 1.54) is 0 Å². The van der Waals surface area contributed by atoms with Crippen LogP contribution in [0.5, 0.6) is 0 Å². The van der Waals surface area contributed by atoms with Crippen molar-refractivity contribution in [1.82, 2.24) is 24.4 Å². The number of aromatic nitrogens is 3. The standard InChI is InChI=1S/C26H25N5O3/c1-2-34-26(33)30-15-13-29(14-16-30)25(32)23-17-21(19-9-5-3-6-10-19)27-24-18-22(28-31(23)24)20-11-7-4-8-12-20/h3-12,17-18H,2,13-16H2,1H3. The third-order valence-electron chi connectivity index (χ3n) is 5.88. The van der Waals surface area contributed by atoms with Crippen molar-refractivity contribution in [3.8, 4) is 22.5 Å². The molecule has 3 heterocycles. The summed E-state index contributed by atoms with van der Waals surface area (Å²) < 4.78 is 6.71. The molecule has 0 spiro atoms. The molecule has 0 atom stereocenters. The van der Waals surface area contributed by atoms with Crippen molar-refractivity contribution in [2.75, 3.05) is 32.8 Å². The van der Waals surface area contributed by atoms with Crippen LogP contribution in [0.15, 0.2) is 72.8 Å². The van der Waals surface area contributed by atoms with Crippen LogP contribution >= 0.6 is 0 Å². The fraction of sp³-hybridized carbons (Fsp3) is 0.231. The number of nitrogens with zero attached hydrogens (tertiary/aromatic N) is 5. The van der Waals surface area contributed by atoms with Gasteiger partial charge in [-0.15, -0.1) is 0 Å². The Labute approximate surface area is 197 Å². The van der Waals surface area contributed by atoms with Gasteiger partial charge in [-0.1, -0.05) is 60.7 Å². The highest BCUT2D eigenvalue weighted by molar-refractivity contribution is 5.94. The molecule has 1 fully saturated rings. The molecule has 1 aliphatic heterocycles. The van der Waals surface area contributed by atoms with E-state index < -0.39 is 0 Å². The zero-order valence-corrected chi connectivity index (χ0v) is 18.9. The lowest BCUT2D eigenvalue weighted by Gasteiger charge is -2.34. The minimum atomic E-state index is -0.341. The maximum absolute atomic E-state index is 13.6. The number of carbonyl (C=O) groups is 2. The molecule has 0 saturated carbocycles. The van der Waals surface area contributed by atoms with Crippen LogP contribution in [0.25, 0.3) is 28.2 Å². The number of rotatable bonds is 4. The lowest BCUT2D eigenvalue weighted by Crippen LogP contribution is -2.51.